The number of benzene rings is 1. The van der Waals surface area contributed by atoms with Crippen molar-refractivity contribution in [3.05, 3.63) is 35.4 Å². The molecule has 1 heteroatoms. The monoisotopic (exact) mass is 203 g/mol. The molecule has 0 atom stereocenters. The summed E-state index contributed by atoms with van der Waals surface area (Å²) in [7, 11) is 0. The van der Waals surface area contributed by atoms with Crippen molar-refractivity contribution in [1.82, 2.24) is 0 Å². The molecule has 1 aromatic carbocycles. The van der Waals surface area contributed by atoms with Crippen LogP contribution in [0, 0.1) is 0 Å². The molecule has 2 rings (SSSR count). The molecule has 0 saturated heterocycles. The minimum atomic E-state index is 0.758. The van der Waals surface area contributed by atoms with E-state index < -0.39 is 0 Å². The van der Waals surface area contributed by atoms with Crippen LogP contribution < -0.4 is 5.73 Å². The Labute approximate surface area is 92.7 Å². The van der Waals surface area contributed by atoms with Crippen LogP contribution in [0.2, 0.25) is 0 Å². The summed E-state index contributed by atoms with van der Waals surface area (Å²) >= 11 is 0. The Bertz CT molecular complexity index is 300. The maximum absolute atomic E-state index is 5.59. The molecule has 1 nitrogen and oxygen atoms in total. The molecular formula is C14H21N. The van der Waals surface area contributed by atoms with E-state index in [0.29, 0.717) is 0 Å². The topological polar surface area (TPSA) is 26.0 Å². The summed E-state index contributed by atoms with van der Waals surface area (Å²) in [5, 5.41) is 0. The van der Waals surface area contributed by atoms with Crippen molar-refractivity contribution in [1.29, 1.82) is 0 Å². The molecule has 0 unspecified atom stereocenters. The Morgan fingerprint density at radius 2 is 1.93 bits per heavy atom. The summed E-state index contributed by atoms with van der Waals surface area (Å²) in [6.07, 6.45) is 8.02. The predicted molar refractivity (Wildman–Crippen MR) is 65.0 cm³/mol. The molecule has 15 heavy (non-hydrogen) atoms. The van der Waals surface area contributed by atoms with E-state index in [1.165, 1.54) is 37.7 Å². The van der Waals surface area contributed by atoms with Gasteiger partial charge in [-0.1, -0.05) is 43.5 Å². The van der Waals surface area contributed by atoms with E-state index in [2.05, 4.69) is 24.3 Å². The first-order valence-corrected chi connectivity index (χ1v) is 6.19. The third-order valence-electron chi connectivity index (χ3n) is 3.46. The first kappa shape index (κ1) is 10.7. The Balaban J connectivity index is 2.09. The number of hydrogen-bond acceptors (Lipinski definition) is 1. The summed E-state index contributed by atoms with van der Waals surface area (Å²) in [4.78, 5) is 0. The van der Waals surface area contributed by atoms with Gasteiger partial charge < -0.3 is 5.73 Å². The number of rotatable bonds is 3. The van der Waals surface area contributed by atoms with Crippen LogP contribution in [0.4, 0.5) is 0 Å². The van der Waals surface area contributed by atoms with Gasteiger partial charge in [-0.25, -0.2) is 0 Å². The molecule has 1 fully saturated rings. The molecule has 1 saturated carbocycles. The van der Waals surface area contributed by atoms with Crippen molar-refractivity contribution < 1.29 is 0 Å². The molecular weight excluding hydrogens is 182 g/mol. The SMILES string of the molecule is NCCc1cccc(C2CCCCC2)c1. The number of hydrogen-bond donors (Lipinski definition) is 1. The summed E-state index contributed by atoms with van der Waals surface area (Å²) in [6, 6.07) is 9.03. The lowest BCUT2D eigenvalue weighted by atomic mass is 9.83. The van der Waals surface area contributed by atoms with Gasteiger partial charge in [0, 0.05) is 0 Å². The van der Waals surface area contributed by atoms with E-state index in [9.17, 15) is 0 Å². The Hall–Kier alpha value is -0.820. The molecule has 0 amide bonds. The second-order valence-electron chi connectivity index (χ2n) is 4.62. The quantitative estimate of drug-likeness (QED) is 0.802. The average Bonchev–Trinajstić information content (AvgIpc) is 2.31. The predicted octanol–water partition coefficient (Wildman–Crippen LogP) is 3.24. The van der Waals surface area contributed by atoms with Crippen molar-refractivity contribution in [2.45, 2.75) is 44.4 Å². The zero-order valence-corrected chi connectivity index (χ0v) is 9.41. The highest BCUT2D eigenvalue weighted by molar-refractivity contribution is 5.27. The summed E-state index contributed by atoms with van der Waals surface area (Å²) in [6.45, 7) is 0.758. The van der Waals surface area contributed by atoms with E-state index in [1.807, 2.05) is 0 Å². The van der Waals surface area contributed by atoms with E-state index in [4.69, 9.17) is 5.73 Å². The fraction of sp³-hybridized carbons (Fsp3) is 0.571. The molecule has 0 spiro atoms. The van der Waals surface area contributed by atoms with Gasteiger partial charge in [0.1, 0.15) is 0 Å². The van der Waals surface area contributed by atoms with Gasteiger partial charge in [0.15, 0.2) is 0 Å². The van der Waals surface area contributed by atoms with Crippen molar-refractivity contribution in [2.75, 3.05) is 6.54 Å². The van der Waals surface area contributed by atoms with Crippen molar-refractivity contribution in [2.24, 2.45) is 5.73 Å². The van der Waals surface area contributed by atoms with Crippen molar-refractivity contribution >= 4 is 0 Å². The molecule has 0 aromatic heterocycles. The fourth-order valence-electron chi connectivity index (χ4n) is 2.61. The van der Waals surface area contributed by atoms with Gasteiger partial charge in [-0.2, -0.15) is 0 Å². The molecule has 0 bridgehead atoms. The van der Waals surface area contributed by atoms with Crippen molar-refractivity contribution in [3.8, 4) is 0 Å². The summed E-state index contributed by atoms with van der Waals surface area (Å²) < 4.78 is 0. The van der Waals surface area contributed by atoms with Gasteiger partial charge in [0.25, 0.3) is 0 Å². The van der Waals surface area contributed by atoms with Gasteiger partial charge in [0.2, 0.25) is 0 Å². The highest BCUT2D eigenvalue weighted by atomic mass is 14.5. The second-order valence-corrected chi connectivity index (χ2v) is 4.62. The van der Waals surface area contributed by atoms with Crippen LogP contribution >= 0.6 is 0 Å². The smallest absolute Gasteiger partial charge is 0.00367 e. The lowest BCUT2D eigenvalue weighted by Gasteiger charge is -2.22. The van der Waals surface area contributed by atoms with Gasteiger partial charge in [-0.15, -0.1) is 0 Å². The molecule has 1 aliphatic rings. The van der Waals surface area contributed by atoms with Crippen LogP contribution in [-0.2, 0) is 6.42 Å². The van der Waals surface area contributed by atoms with Crippen LogP contribution in [0.1, 0.15) is 49.1 Å². The molecule has 82 valence electrons. The summed E-state index contributed by atoms with van der Waals surface area (Å²) in [5.41, 5.74) is 8.53. The maximum Gasteiger partial charge on any atom is -0.00367 e. The normalized spacial score (nSPS) is 17.9. The summed E-state index contributed by atoms with van der Waals surface area (Å²) in [5.74, 6) is 0.816. The largest absolute Gasteiger partial charge is 0.330 e. The third kappa shape index (κ3) is 2.82. The number of nitrogens with two attached hydrogens (primary N) is 1. The van der Waals surface area contributed by atoms with Crippen LogP contribution in [0.3, 0.4) is 0 Å². The highest BCUT2D eigenvalue weighted by Gasteiger charge is 2.15. The molecule has 1 aliphatic carbocycles. The molecule has 0 aliphatic heterocycles. The van der Waals surface area contributed by atoms with Crippen LogP contribution in [0.5, 0.6) is 0 Å². The first-order valence-electron chi connectivity index (χ1n) is 6.19. The van der Waals surface area contributed by atoms with Gasteiger partial charge >= 0.3 is 0 Å². The minimum Gasteiger partial charge on any atom is -0.330 e. The third-order valence-corrected chi connectivity index (χ3v) is 3.46. The Morgan fingerprint density at radius 3 is 2.67 bits per heavy atom. The van der Waals surface area contributed by atoms with E-state index in [0.717, 1.165) is 18.9 Å². The van der Waals surface area contributed by atoms with E-state index in [1.54, 1.807) is 5.56 Å². The van der Waals surface area contributed by atoms with Gasteiger partial charge in [-0.3, -0.25) is 0 Å². The molecule has 0 heterocycles. The lowest BCUT2D eigenvalue weighted by Crippen LogP contribution is -2.06. The van der Waals surface area contributed by atoms with Crippen LogP contribution in [0.15, 0.2) is 24.3 Å². The average molecular weight is 203 g/mol. The van der Waals surface area contributed by atoms with Crippen LogP contribution in [0.25, 0.3) is 0 Å². The van der Waals surface area contributed by atoms with E-state index >= 15 is 0 Å². The van der Waals surface area contributed by atoms with Gasteiger partial charge in [0.05, 0.1) is 0 Å². The first-order chi connectivity index (χ1) is 7.40. The molecule has 1 aromatic rings. The Morgan fingerprint density at radius 1 is 1.13 bits per heavy atom. The van der Waals surface area contributed by atoms with Gasteiger partial charge in [-0.05, 0) is 42.9 Å². The zero-order chi connectivity index (χ0) is 10.5. The minimum absolute atomic E-state index is 0.758. The fourth-order valence-corrected chi connectivity index (χ4v) is 2.61. The maximum atomic E-state index is 5.59. The lowest BCUT2D eigenvalue weighted by molar-refractivity contribution is 0.443. The molecule has 0 radical (unpaired) electrons. The molecule has 2 N–H and O–H groups in total. The standard InChI is InChI=1S/C14H21N/c15-10-9-12-5-4-8-14(11-12)13-6-2-1-3-7-13/h4-5,8,11,13H,1-3,6-7,9-10,15H2. The van der Waals surface area contributed by atoms with Crippen molar-refractivity contribution in [3.63, 3.8) is 0 Å². The van der Waals surface area contributed by atoms with Crippen LogP contribution in [-0.4, -0.2) is 6.54 Å². The second kappa shape index (κ2) is 5.32. The Kier molecular flexibility index (Phi) is 3.79. The van der Waals surface area contributed by atoms with E-state index in [-0.39, 0.29) is 0 Å². The zero-order valence-electron chi connectivity index (χ0n) is 9.41. The highest BCUT2D eigenvalue weighted by Crippen LogP contribution is 2.32.